The minimum atomic E-state index is -2.22. The Hall–Kier alpha value is -0.970. The van der Waals surface area contributed by atoms with Crippen LogP contribution in [0.25, 0.3) is 0 Å². The van der Waals surface area contributed by atoms with Crippen molar-refractivity contribution in [2.75, 3.05) is 26.4 Å². The van der Waals surface area contributed by atoms with Crippen LogP contribution in [-0.2, 0) is 19.0 Å². The first-order valence-electron chi connectivity index (χ1n) is 10.4. The molecule has 0 amide bonds. The monoisotopic (exact) mass is 522 g/mol. The Balaban J connectivity index is 0.000000434. The van der Waals surface area contributed by atoms with Crippen LogP contribution in [0.5, 0.6) is 0 Å². The summed E-state index contributed by atoms with van der Waals surface area (Å²) < 4.78 is 15.4. The Morgan fingerprint density at radius 2 is 1.37 bits per heavy atom. The zero-order valence-corrected chi connectivity index (χ0v) is 18.3. The van der Waals surface area contributed by atoms with E-state index in [1.165, 1.54) is 0 Å². The highest BCUT2D eigenvalue weighted by molar-refractivity contribution is 5.56. The van der Waals surface area contributed by atoms with Crippen LogP contribution < -0.4 is 0 Å². The molecule has 2 aliphatic heterocycles. The summed E-state index contributed by atoms with van der Waals surface area (Å²) in [6.45, 7) is -3.08. The molecule has 0 unspecified atom stereocenters. The second kappa shape index (κ2) is 14.1. The maximum Gasteiger partial charge on any atom is 0.224 e. The number of hydrogen-bond donors (Lipinski definition) is 13. The number of aldehydes is 1. The summed E-state index contributed by atoms with van der Waals surface area (Å²) >= 11 is 0. The van der Waals surface area contributed by atoms with Gasteiger partial charge in [0.15, 0.2) is 12.6 Å². The predicted octanol–water partition coefficient (Wildman–Crippen LogP) is -8.77. The van der Waals surface area contributed by atoms with Crippen molar-refractivity contribution < 1.29 is 85.4 Å². The maximum absolute atomic E-state index is 10.00. The highest BCUT2D eigenvalue weighted by atomic mass is 16.8. The topological polar surface area (TPSA) is 308 Å². The summed E-state index contributed by atoms with van der Waals surface area (Å²) in [5.74, 6) is -2.22. The molecule has 17 nitrogen and oxygen atoms in total. The molecule has 13 N–H and O–H groups in total. The van der Waals surface area contributed by atoms with Crippen LogP contribution >= 0.6 is 0 Å². The third-order valence-electron chi connectivity index (χ3n) is 5.49. The number of rotatable bonds is 10. The lowest BCUT2D eigenvalue weighted by Crippen LogP contribution is -2.62. The van der Waals surface area contributed by atoms with Crippen molar-refractivity contribution in [2.45, 2.75) is 79.2 Å². The quantitative estimate of drug-likeness (QED) is 0.118. The van der Waals surface area contributed by atoms with E-state index >= 15 is 0 Å². The van der Waals surface area contributed by atoms with Crippen LogP contribution in [-0.4, -0.2) is 178 Å². The van der Waals surface area contributed by atoms with Gasteiger partial charge in [-0.2, -0.15) is 0 Å². The van der Waals surface area contributed by atoms with Crippen molar-refractivity contribution >= 4 is 6.29 Å². The molecule has 0 aliphatic carbocycles. The van der Waals surface area contributed by atoms with Gasteiger partial charge in [-0.1, -0.05) is 0 Å². The Morgan fingerprint density at radius 1 is 0.800 bits per heavy atom. The highest BCUT2D eigenvalue weighted by Gasteiger charge is 2.58. The summed E-state index contributed by atoms with van der Waals surface area (Å²) in [6.07, 6.45) is -19.5. The van der Waals surface area contributed by atoms with Crippen LogP contribution in [0.1, 0.15) is 0 Å². The van der Waals surface area contributed by atoms with E-state index in [2.05, 4.69) is 0 Å². The van der Waals surface area contributed by atoms with Crippen LogP contribution in [0.15, 0.2) is 0 Å². The Morgan fingerprint density at radius 3 is 1.80 bits per heavy atom. The van der Waals surface area contributed by atoms with E-state index in [0.29, 0.717) is 0 Å². The number of aliphatic hydroxyl groups excluding tert-OH is 13. The summed E-state index contributed by atoms with van der Waals surface area (Å²) in [6, 6.07) is 0. The average Bonchev–Trinajstić information content (AvgIpc) is 3.12. The lowest BCUT2D eigenvalue weighted by atomic mass is 9.99. The van der Waals surface area contributed by atoms with Gasteiger partial charge in [0.2, 0.25) is 5.79 Å². The average molecular weight is 522 g/mol. The normalized spacial score (nSPS) is 40.8. The first-order chi connectivity index (χ1) is 16.3. The van der Waals surface area contributed by atoms with Crippen LogP contribution in [0, 0.1) is 0 Å². The van der Waals surface area contributed by atoms with E-state index < -0.39 is 106 Å². The molecule has 35 heavy (non-hydrogen) atoms. The molecule has 0 radical (unpaired) electrons. The summed E-state index contributed by atoms with van der Waals surface area (Å²) in [7, 11) is 0. The molecule has 2 heterocycles. The lowest BCUT2D eigenvalue weighted by molar-refractivity contribution is -0.383. The number of carbonyl (C=O) groups is 1. The fourth-order valence-corrected chi connectivity index (χ4v) is 3.25. The van der Waals surface area contributed by atoms with Crippen molar-refractivity contribution in [3.8, 4) is 0 Å². The molecule has 0 saturated carbocycles. The molecule has 2 aliphatic rings. The first kappa shape index (κ1) is 32.1. The van der Waals surface area contributed by atoms with Gasteiger partial charge in [-0.25, -0.2) is 0 Å². The molecular formula is C18H34O17. The van der Waals surface area contributed by atoms with Crippen LogP contribution in [0.3, 0.4) is 0 Å². The molecule has 0 bridgehead atoms. The standard InChI is InChI=1S/C12H22O11.C6H12O6/c13-1-4-6(16)8(18)9(19)11(21-4)23-12(3-15)10(20)7(17)5(2-14)22-12;7-1-3(9)5(11)6(12)4(10)2-8/h4-11,13-20H,1-3H2;1,3-6,8-12H,2H2/t4-,5-,6-,7-,8+,9-,10+,11-,12+;3-,4+,5+,6-/m10/s1. The molecule has 13 atom stereocenters. The van der Waals surface area contributed by atoms with Crippen molar-refractivity contribution in [1.29, 1.82) is 0 Å². The van der Waals surface area contributed by atoms with Gasteiger partial charge in [0.1, 0.15) is 73.8 Å². The zero-order valence-electron chi connectivity index (χ0n) is 18.3. The molecule has 17 heteroatoms. The summed E-state index contributed by atoms with van der Waals surface area (Å²) in [4.78, 5) is 9.90. The molecule has 0 aromatic heterocycles. The van der Waals surface area contributed by atoms with Crippen molar-refractivity contribution in [2.24, 2.45) is 0 Å². The van der Waals surface area contributed by atoms with E-state index in [1.807, 2.05) is 0 Å². The van der Waals surface area contributed by atoms with Gasteiger partial charge < -0.3 is 85.4 Å². The van der Waals surface area contributed by atoms with E-state index in [0.717, 1.165) is 0 Å². The Labute approximate surface area is 198 Å². The number of hydrogen-bond acceptors (Lipinski definition) is 17. The predicted molar refractivity (Wildman–Crippen MR) is 106 cm³/mol. The first-order valence-corrected chi connectivity index (χ1v) is 10.4. The third-order valence-corrected chi connectivity index (χ3v) is 5.49. The van der Waals surface area contributed by atoms with E-state index in [1.54, 1.807) is 0 Å². The molecule has 0 aromatic rings. The molecule has 208 valence electrons. The van der Waals surface area contributed by atoms with E-state index in [-0.39, 0.29) is 6.29 Å². The smallest absolute Gasteiger partial charge is 0.224 e. The van der Waals surface area contributed by atoms with Gasteiger partial charge in [0, 0.05) is 0 Å². The minimum Gasteiger partial charge on any atom is -0.394 e. The third kappa shape index (κ3) is 7.29. The second-order valence-electron chi connectivity index (χ2n) is 7.92. The van der Waals surface area contributed by atoms with Gasteiger partial charge in [-0.05, 0) is 0 Å². The Bertz CT molecular complexity index is 624. The van der Waals surface area contributed by atoms with Crippen LogP contribution in [0.4, 0.5) is 0 Å². The van der Waals surface area contributed by atoms with Crippen LogP contribution in [0.2, 0.25) is 0 Å². The van der Waals surface area contributed by atoms with Crippen molar-refractivity contribution in [3.05, 3.63) is 0 Å². The molecule has 2 rings (SSSR count). The SMILES string of the molecule is O=C[C@H](O)[C@@H](O)[C@@H](O)[C@H](O)CO.OC[C@H]1O[C@@](CO)(O[C@H]2O[C@H](CO)[C@@H](O)[C@H](O)[C@H]2O)[C@@H](O)[C@@H]1O. The van der Waals surface area contributed by atoms with Gasteiger partial charge in [-0.3, -0.25) is 0 Å². The molecular weight excluding hydrogens is 488 g/mol. The van der Waals surface area contributed by atoms with Gasteiger partial charge in [0.05, 0.1) is 19.8 Å². The highest BCUT2D eigenvalue weighted by Crippen LogP contribution is 2.35. The minimum absolute atomic E-state index is 0.0258. The Kier molecular flexibility index (Phi) is 12.9. The van der Waals surface area contributed by atoms with Gasteiger partial charge >= 0.3 is 0 Å². The molecule has 2 fully saturated rings. The fourth-order valence-electron chi connectivity index (χ4n) is 3.25. The largest absolute Gasteiger partial charge is 0.394 e. The number of carbonyl (C=O) groups excluding carboxylic acids is 1. The maximum atomic E-state index is 10.00. The number of ether oxygens (including phenoxy) is 3. The van der Waals surface area contributed by atoms with Gasteiger partial charge in [-0.15, -0.1) is 0 Å². The van der Waals surface area contributed by atoms with E-state index in [9.17, 15) is 35.4 Å². The van der Waals surface area contributed by atoms with Crippen molar-refractivity contribution in [1.82, 2.24) is 0 Å². The number of aliphatic hydroxyl groups is 13. The van der Waals surface area contributed by atoms with Crippen molar-refractivity contribution in [3.63, 3.8) is 0 Å². The molecule has 0 aromatic carbocycles. The fraction of sp³-hybridized carbons (Fsp3) is 0.944. The second-order valence-corrected chi connectivity index (χ2v) is 7.92. The molecule has 2 saturated heterocycles. The summed E-state index contributed by atoms with van der Waals surface area (Å²) in [5.41, 5.74) is 0. The summed E-state index contributed by atoms with van der Waals surface area (Å²) in [5, 5.41) is 120. The van der Waals surface area contributed by atoms with Gasteiger partial charge in [0.25, 0.3) is 0 Å². The molecule has 0 spiro atoms. The van der Waals surface area contributed by atoms with E-state index in [4.69, 9.17) is 50.0 Å². The zero-order chi connectivity index (χ0) is 27.1. The lowest BCUT2D eigenvalue weighted by Gasteiger charge is -2.43.